The highest BCUT2D eigenvalue weighted by Crippen LogP contribution is 2.24. The predicted octanol–water partition coefficient (Wildman–Crippen LogP) is 2.44. The normalized spacial score (nSPS) is 12.7. The predicted molar refractivity (Wildman–Crippen MR) is 63.1 cm³/mol. The lowest BCUT2D eigenvalue weighted by Gasteiger charge is -2.16. The molecule has 0 radical (unpaired) electrons. The number of aromatic nitrogens is 4. The van der Waals surface area contributed by atoms with E-state index in [4.69, 9.17) is 0 Å². The van der Waals surface area contributed by atoms with Crippen molar-refractivity contribution in [3.63, 3.8) is 0 Å². The summed E-state index contributed by atoms with van der Waals surface area (Å²) < 4.78 is 4.82. The maximum Gasteiger partial charge on any atom is 0.233 e. The molecule has 0 aliphatic rings. The molecule has 82 valence electrons. The van der Waals surface area contributed by atoms with Crippen LogP contribution in [0.4, 0.5) is 0 Å². The van der Waals surface area contributed by atoms with Crippen LogP contribution in [-0.4, -0.2) is 19.2 Å². The fraction of sp³-hybridized carbons (Fsp3) is 0.600. The highest BCUT2D eigenvalue weighted by molar-refractivity contribution is 9.10. The second kappa shape index (κ2) is 3.07. The monoisotopic (exact) mass is 270 g/mol. The van der Waals surface area contributed by atoms with Crippen molar-refractivity contribution in [1.82, 2.24) is 19.2 Å². The number of halogens is 1. The first-order valence-electron chi connectivity index (χ1n) is 4.90. The van der Waals surface area contributed by atoms with Gasteiger partial charge in [-0.15, -0.1) is 0 Å². The van der Waals surface area contributed by atoms with Gasteiger partial charge in [-0.1, -0.05) is 20.8 Å². The molecule has 4 nitrogen and oxygen atoms in total. The van der Waals surface area contributed by atoms with Crippen molar-refractivity contribution in [3.05, 3.63) is 16.1 Å². The van der Waals surface area contributed by atoms with Crippen LogP contribution in [0.5, 0.6) is 0 Å². The van der Waals surface area contributed by atoms with E-state index in [0.29, 0.717) is 0 Å². The molecule has 0 bridgehead atoms. The highest BCUT2D eigenvalue weighted by Gasteiger charge is 2.23. The van der Waals surface area contributed by atoms with E-state index < -0.39 is 0 Å². The second-order valence-electron chi connectivity index (χ2n) is 4.83. The summed E-state index contributed by atoms with van der Waals surface area (Å²) in [6.07, 6.45) is 0. The molecule has 2 aromatic rings. The number of fused-ring (bicyclic) bond motifs is 1. The molecule has 0 aliphatic heterocycles. The van der Waals surface area contributed by atoms with Crippen LogP contribution in [0.3, 0.4) is 0 Å². The van der Waals surface area contributed by atoms with E-state index in [9.17, 15) is 0 Å². The van der Waals surface area contributed by atoms with Gasteiger partial charge in [-0.2, -0.15) is 9.61 Å². The van der Waals surface area contributed by atoms with Crippen LogP contribution in [-0.2, 0) is 12.5 Å². The third kappa shape index (κ3) is 1.49. The van der Waals surface area contributed by atoms with Gasteiger partial charge in [0, 0.05) is 12.5 Å². The quantitative estimate of drug-likeness (QED) is 0.737. The Balaban J connectivity index is 2.77. The molecule has 0 aromatic carbocycles. The Morgan fingerprint density at radius 2 is 1.87 bits per heavy atom. The van der Waals surface area contributed by atoms with Crippen LogP contribution >= 0.6 is 15.9 Å². The molecular weight excluding hydrogens is 256 g/mol. The van der Waals surface area contributed by atoms with Gasteiger partial charge in [0.25, 0.3) is 0 Å². The number of aryl methyl sites for hydroxylation is 2. The third-order valence-corrected chi connectivity index (χ3v) is 3.33. The van der Waals surface area contributed by atoms with Crippen molar-refractivity contribution in [2.24, 2.45) is 7.05 Å². The van der Waals surface area contributed by atoms with Crippen molar-refractivity contribution in [3.8, 4) is 0 Å². The number of nitrogens with zero attached hydrogens (tertiary/aromatic N) is 4. The maximum atomic E-state index is 4.57. The lowest BCUT2D eigenvalue weighted by molar-refractivity contribution is 0.519. The van der Waals surface area contributed by atoms with Crippen molar-refractivity contribution in [2.45, 2.75) is 33.1 Å². The summed E-state index contributed by atoms with van der Waals surface area (Å²) in [6, 6.07) is 0. The van der Waals surface area contributed by atoms with E-state index in [0.717, 1.165) is 21.9 Å². The van der Waals surface area contributed by atoms with E-state index in [2.05, 4.69) is 46.8 Å². The first-order valence-corrected chi connectivity index (χ1v) is 5.69. The molecule has 0 saturated heterocycles. The smallest absolute Gasteiger partial charge is 0.233 e. The summed E-state index contributed by atoms with van der Waals surface area (Å²) in [5.74, 6) is 1.91. The zero-order valence-corrected chi connectivity index (χ0v) is 11.3. The van der Waals surface area contributed by atoms with Gasteiger partial charge in [0.05, 0.1) is 5.69 Å². The van der Waals surface area contributed by atoms with Gasteiger partial charge >= 0.3 is 0 Å². The van der Waals surface area contributed by atoms with E-state index in [1.807, 2.05) is 23.1 Å². The number of hydrogen-bond donors (Lipinski definition) is 0. The maximum absolute atomic E-state index is 4.57. The van der Waals surface area contributed by atoms with Gasteiger partial charge < -0.3 is 0 Å². The lowest BCUT2D eigenvalue weighted by atomic mass is 9.96. The van der Waals surface area contributed by atoms with Crippen LogP contribution in [0.25, 0.3) is 5.78 Å². The Morgan fingerprint density at radius 1 is 1.27 bits per heavy atom. The van der Waals surface area contributed by atoms with Gasteiger partial charge in [0.15, 0.2) is 0 Å². The van der Waals surface area contributed by atoms with Crippen LogP contribution in [0, 0.1) is 6.92 Å². The molecule has 2 rings (SSSR count). The molecular formula is C10H15BrN4. The summed E-state index contributed by atoms with van der Waals surface area (Å²) in [4.78, 5) is 4.46. The highest BCUT2D eigenvalue weighted by atomic mass is 79.9. The second-order valence-corrected chi connectivity index (χ2v) is 5.58. The summed E-state index contributed by atoms with van der Waals surface area (Å²) >= 11 is 3.49. The van der Waals surface area contributed by atoms with Gasteiger partial charge in [-0.05, 0) is 22.9 Å². The molecule has 0 aliphatic carbocycles. The van der Waals surface area contributed by atoms with Gasteiger partial charge in [0.1, 0.15) is 10.4 Å². The van der Waals surface area contributed by atoms with E-state index in [-0.39, 0.29) is 5.41 Å². The third-order valence-electron chi connectivity index (χ3n) is 2.42. The molecule has 0 fully saturated rings. The summed E-state index contributed by atoms with van der Waals surface area (Å²) in [6.45, 7) is 8.41. The Morgan fingerprint density at radius 3 is 2.33 bits per heavy atom. The first-order chi connectivity index (χ1) is 6.82. The SMILES string of the molecule is Cc1nc2n(C)c(C(C)(C)C)nn2c1Br. The topological polar surface area (TPSA) is 35.1 Å². The van der Waals surface area contributed by atoms with Crippen molar-refractivity contribution in [1.29, 1.82) is 0 Å². The lowest BCUT2D eigenvalue weighted by Crippen LogP contribution is -2.17. The van der Waals surface area contributed by atoms with Gasteiger partial charge in [0.2, 0.25) is 5.78 Å². The summed E-state index contributed by atoms with van der Waals surface area (Å²) in [5, 5.41) is 4.57. The molecule has 15 heavy (non-hydrogen) atoms. The number of hydrogen-bond acceptors (Lipinski definition) is 2. The molecule has 0 unspecified atom stereocenters. The molecule has 0 N–H and O–H groups in total. The fourth-order valence-electron chi connectivity index (χ4n) is 1.70. The molecule has 2 heterocycles. The van der Waals surface area contributed by atoms with Gasteiger partial charge in [-0.25, -0.2) is 4.98 Å². The zero-order valence-electron chi connectivity index (χ0n) is 9.67. The largest absolute Gasteiger partial charge is 0.300 e. The Kier molecular flexibility index (Phi) is 2.19. The molecule has 5 heteroatoms. The van der Waals surface area contributed by atoms with Crippen molar-refractivity contribution in [2.75, 3.05) is 0 Å². The minimum atomic E-state index is 0.0306. The average molecular weight is 271 g/mol. The Bertz CT molecular complexity index is 515. The van der Waals surface area contributed by atoms with Gasteiger partial charge in [-0.3, -0.25) is 4.57 Å². The minimum Gasteiger partial charge on any atom is -0.300 e. The number of rotatable bonds is 0. The minimum absolute atomic E-state index is 0.0306. The average Bonchev–Trinajstić information content (AvgIpc) is 2.54. The van der Waals surface area contributed by atoms with Crippen molar-refractivity contribution >= 4 is 21.7 Å². The standard InChI is InChI=1S/C10H15BrN4/c1-6-7(11)15-9(12-6)14(5)8(13-15)10(2,3)4/h1-5H3. The van der Waals surface area contributed by atoms with E-state index >= 15 is 0 Å². The number of imidazole rings is 1. The van der Waals surface area contributed by atoms with Crippen LogP contribution < -0.4 is 0 Å². The van der Waals surface area contributed by atoms with E-state index in [1.165, 1.54) is 0 Å². The Labute approximate surface area is 97.4 Å². The van der Waals surface area contributed by atoms with Crippen LogP contribution in [0.1, 0.15) is 32.3 Å². The zero-order chi connectivity index (χ0) is 11.4. The fourth-order valence-corrected chi connectivity index (χ4v) is 2.03. The summed E-state index contributed by atoms with van der Waals surface area (Å²) in [7, 11) is 2.00. The van der Waals surface area contributed by atoms with Crippen LogP contribution in [0.15, 0.2) is 4.60 Å². The summed E-state index contributed by atoms with van der Waals surface area (Å²) in [5.41, 5.74) is 0.997. The molecule has 0 spiro atoms. The molecule has 0 saturated carbocycles. The van der Waals surface area contributed by atoms with Crippen molar-refractivity contribution < 1.29 is 0 Å². The molecule has 0 amide bonds. The van der Waals surface area contributed by atoms with E-state index in [1.54, 1.807) is 0 Å². The molecule has 2 aromatic heterocycles. The van der Waals surface area contributed by atoms with Crippen LogP contribution in [0.2, 0.25) is 0 Å². The Hall–Kier alpha value is -0.840. The molecule has 0 atom stereocenters. The first kappa shape index (κ1) is 10.7.